The van der Waals surface area contributed by atoms with Gasteiger partial charge in [-0.25, -0.2) is 15.2 Å². The van der Waals surface area contributed by atoms with Gasteiger partial charge in [-0.05, 0) is 6.07 Å². The van der Waals surface area contributed by atoms with Crippen molar-refractivity contribution < 1.29 is 4.79 Å². The van der Waals surface area contributed by atoms with Gasteiger partial charge in [0.25, 0.3) is 11.5 Å². The van der Waals surface area contributed by atoms with Crippen molar-refractivity contribution in [3.63, 3.8) is 0 Å². The van der Waals surface area contributed by atoms with Gasteiger partial charge in [0, 0.05) is 19.7 Å². The van der Waals surface area contributed by atoms with E-state index in [4.69, 9.17) is 23.2 Å². The lowest BCUT2D eigenvalue weighted by molar-refractivity contribution is -0.121. The molecule has 3 aromatic rings. The normalized spacial score (nSPS) is 11.4. The van der Waals surface area contributed by atoms with Gasteiger partial charge in [-0.2, -0.15) is 5.10 Å². The zero-order valence-corrected chi connectivity index (χ0v) is 15.8. The summed E-state index contributed by atoms with van der Waals surface area (Å²) < 4.78 is 3.55. The zero-order chi connectivity index (χ0) is 19.7. The molecule has 140 valence electrons. The van der Waals surface area contributed by atoms with E-state index in [9.17, 15) is 14.4 Å². The second-order valence-electron chi connectivity index (χ2n) is 5.69. The molecule has 0 aliphatic rings. The van der Waals surface area contributed by atoms with Gasteiger partial charge < -0.3 is 4.57 Å². The number of rotatable bonds is 4. The highest BCUT2D eigenvalue weighted by atomic mass is 35.5. The van der Waals surface area contributed by atoms with Crippen molar-refractivity contribution in [1.29, 1.82) is 0 Å². The van der Waals surface area contributed by atoms with Crippen molar-refractivity contribution in [3.8, 4) is 0 Å². The second kappa shape index (κ2) is 7.37. The molecule has 11 heteroatoms. The van der Waals surface area contributed by atoms with Crippen LogP contribution in [0.25, 0.3) is 11.2 Å². The largest absolute Gasteiger partial charge is 0.332 e. The number of hydrazone groups is 1. The highest BCUT2D eigenvalue weighted by molar-refractivity contribution is 6.43. The summed E-state index contributed by atoms with van der Waals surface area (Å²) >= 11 is 11.9. The van der Waals surface area contributed by atoms with Crippen LogP contribution in [-0.2, 0) is 25.4 Å². The summed E-state index contributed by atoms with van der Waals surface area (Å²) in [6.07, 6.45) is 2.68. The molecule has 0 aliphatic heterocycles. The predicted molar refractivity (Wildman–Crippen MR) is 102 cm³/mol. The number of carbonyl (C=O) groups excluding carboxylic acids is 1. The van der Waals surface area contributed by atoms with E-state index in [1.807, 2.05) is 0 Å². The first-order chi connectivity index (χ1) is 12.8. The number of halogens is 2. The van der Waals surface area contributed by atoms with Crippen LogP contribution in [0.5, 0.6) is 0 Å². The Balaban J connectivity index is 1.81. The summed E-state index contributed by atoms with van der Waals surface area (Å²) in [5.41, 5.74) is 2.21. The van der Waals surface area contributed by atoms with E-state index in [2.05, 4.69) is 15.5 Å². The second-order valence-corrected chi connectivity index (χ2v) is 6.47. The van der Waals surface area contributed by atoms with Crippen molar-refractivity contribution in [2.75, 3.05) is 0 Å². The van der Waals surface area contributed by atoms with Gasteiger partial charge in [0.05, 0.1) is 22.6 Å². The summed E-state index contributed by atoms with van der Waals surface area (Å²) in [6, 6.07) is 5.03. The molecule has 1 aromatic carbocycles. The van der Waals surface area contributed by atoms with E-state index in [0.717, 1.165) is 4.57 Å². The number of benzene rings is 1. The quantitative estimate of drug-likeness (QED) is 0.511. The Bertz CT molecular complexity index is 1190. The lowest BCUT2D eigenvalue weighted by Gasteiger charge is -2.06. The number of hydrogen-bond donors (Lipinski definition) is 1. The standard InChI is InChI=1S/C16H14Cl2N6O3/c1-22-14-13(15(26)23(2)16(22)27)24(8-19-14)7-11(25)21-20-6-9-4-3-5-10(17)12(9)18/h3-6,8H,7H2,1-2H3,(H,21,25)/b20-6+. The maximum atomic E-state index is 12.3. The van der Waals surface area contributed by atoms with Gasteiger partial charge in [-0.1, -0.05) is 35.3 Å². The molecule has 0 radical (unpaired) electrons. The number of imidazole rings is 1. The number of aryl methyl sites for hydroxylation is 1. The molecule has 2 aromatic heterocycles. The molecule has 0 spiro atoms. The average molecular weight is 409 g/mol. The Labute approximate surface area is 162 Å². The Kier molecular flexibility index (Phi) is 5.15. The molecule has 0 bridgehead atoms. The smallest absolute Gasteiger partial charge is 0.315 e. The molecule has 0 unspecified atom stereocenters. The van der Waals surface area contributed by atoms with Gasteiger partial charge >= 0.3 is 5.69 Å². The molecule has 3 rings (SSSR count). The maximum absolute atomic E-state index is 12.3. The maximum Gasteiger partial charge on any atom is 0.332 e. The number of nitrogens with one attached hydrogen (secondary N) is 1. The van der Waals surface area contributed by atoms with E-state index < -0.39 is 17.2 Å². The molecule has 1 N–H and O–H groups in total. The molecular weight excluding hydrogens is 395 g/mol. The predicted octanol–water partition coefficient (Wildman–Crippen LogP) is 0.891. The van der Waals surface area contributed by atoms with Crippen LogP contribution in [0, 0.1) is 0 Å². The van der Waals surface area contributed by atoms with Crippen LogP contribution in [0.4, 0.5) is 0 Å². The minimum absolute atomic E-state index is 0.150. The molecule has 1 amide bonds. The Hall–Kier alpha value is -2.91. The summed E-state index contributed by atoms with van der Waals surface area (Å²) in [5, 5.41) is 4.53. The van der Waals surface area contributed by atoms with Gasteiger partial charge in [0.2, 0.25) is 0 Å². The molecule has 0 aliphatic carbocycles. The average Bonchev–Trinajstić information content (AvgIpc) is 3.05. The Morgan fingerprint density at radius 3 is 2.74 bits per heavy atom. The molecule has 9 nitrogen and oxygen atoms in total. The van der Waals surface area contributed by atoms with Gasteiger partial charge in [0.1, 0.15) is 6.54 Å². The van der Waals surface area contributed by atoms with Crippen LogP contribution in [0.3, 0.4) is 0 Å². The fourth-order valence-corrected chi connectivity index (χ4v) is 2.86. The van der Waals surface area contributed by atoms with Crippen LogP contribution in [0.1, 0.15) is 5.56 Å². The van der Waals surface area contributed by atoms with E-state index in [-0.39, 0.29) is 17.7 Å². The van der Waals surface area contributed by atoms with Crippen molar-refractivity contribution in [1.82, 2.24) is 24.1 Å². The zero-order valence-electron chi connectivity index (χ0n) is 14.3. The van der Waals surface area contributed by atoms with E-state index >= 15 is 0 Å². The fourth-order valence-electron chi connectivity index (χ4n) is 2.50. The lowest BCUT2D eigenvalue weighted by atomic mass is 10.2. The summed E-state index contributed by atoms with van der Waals surface area (Å²) in [5.74, 6) is -0.486. The summed E-state index contributed by atoms with van der Waals surface area (Å²) in [6.45, 7) is -0.204. The van der Waals surface area contributed by atoms with E-state index in [1.165, 1.54) is 35.8 Å². The van der Waals surface area contributed by atoms with Crippen LogP contribution in [0.2, 0.25) is 10.0 Å². The molecule has 0 fully saturated rings. The third kappa shape index (κ3) is 3.51. The number of hydrogen-bond acceptors (Lipinski definition) is 5. The fraction of sp³-hybridized carbons (Fsp3) is 0.188. The van der Waals surface area contributed by atoms with Crippen molar-refractivity contribution in [2.24, 2.45) is 19.2 Å². The van der Waals surface area contributed by atoms with Crippen LogP contribution < -0.4 is 16.7 Å². The Morgan fingerprint density at radius 2 is 2.00 bits per heavy atom. The lowest BCUT2D eigenvalue weighted by Crippen LogP contribution is -2.38. The number of carbonyl (C=O) groups is 1. The molecule has 2 heterocycles. The first-order valence-corrected chi connectivity index (χ1v) is 8.43. The highest BCUT2D eigenvalue weighted by Crippen LogP contribution is 2.24. The van der Waals surface area contributed by atoms with E-state index in [1.54, 1.807) is 18.2 Å². The van der Waals surface area contributed by atoms with Gasteiger partial charge in [-0.3, -0.25) is 18.7 Å². The summed E-state index contributed by atoms with van der Waals surface area (Å²) in [7, 11) is 2.86. The third-order valence-electron chi connectivity index (χ3n) is 3.91. The molecule has 0 saturated heterocycles. The number of amides is 1. The van der Waals surface area contributed by atoms with E-state index in [0.29, 0.717) is 15.6 Å². The number of aromatic nitrogens is 4. The monoisotopic (exact) mass is 408 g/mol. The molecule has 27 heavy (non-hydrogen) atoms. The highest BCUT2D eigenvalue weighted by Gasteiger charge is 2.15. The Morgan fingerprint density at radius 1 is 1.26 bits per heavy atom. The third-order valence-corrected chi connectivity index (χ3v) is 4.74. The molecule has 0 saturated carbocycles. The first kappa shape index (κ1) is 18.9. The minimum Gasteiger partial charge on any atom is -0.315 e. The SMILES string of the molecule is Cn1c(=O)c2c(ncn2CC(=O)N/N=C/c2cccc(Cl)c2Cl)n(C)c1=O. The van der Waals surface area contributed by atoms with Crippen LogP contribution in [-0.4, -0.2) is 30.8 Å². The van der Waals surface area contributed by atoms with Gasteiger partial charge in [0.15, 0.2) is 11.2 Å². The summed E-state index contributed by atoms with van der Waals surface area (Å²) in [4.78, 5) is 40.4. The molecular formula is C16H14Cl2N6O3. The van der Waals surface area contributed by atoms with Crippen molar-refractivity contribution >= 4 is 46.5 Å². The van der Waals surface area contributed by atoms with Gasteiger partial charge in [-0.15, -0.1) is 0 Å². The van der Waals surface area contributed by atoms with Crippen LogP contribution in [0.15, 0.2) is 39.2 Å². The van der Waals surface area contributed by atoms with Crippen molar-refractivity contribution in [2.45, 2.75) is 6.54 Å². The topological polar surface area (TPSA) is 103 Å². The number of fused-ring (bicyclic) bond motifs is 1. The first-order valence-electron chi connectivity index (χ1n) is 7.68. The minimum atomic E-state index is -0.535. The van der Waals surface area contributed by atoms with Crippen molar-refractivity contribution in [3.05, 3.63) is 61.0 Å². The van der Waals surface area contributed by atoms with Crippen LogP contribution >= 0.6 is 23.2 Å². The molecule has 0 atom stereocenters. The number of nitrogens with zero attached hydrogens (tertiary/aromatic N) is 5.